The molecule has 4 nitrogen and oxygen atoms in total. The summed E-state index contributed by atoms with van der Waals surface area (Å²) in [5.74, 6) is 4.32. The molecule has 1 unspecified atom stereocenters. The molecule has 1 atom stereocenters. The van der Waals surface area contributed by atoms with Crippen LogP contribution in [0.5, 0.6) is 0 Å². The number of anilines is 1. The Morgan fingerprint density at radius 1 is 1.17 bits per heavy atom. The van der Waals surface area contributed by atoms with E-state index < -0.39 is 17.7 Å². The summed E-state index contributed by atoms with van der Waals surface area (Å²) in [5.41, 5.74) is 8.90. The molecule has 0 saturated carbocycles. The molecule has 2 aromatic rings. The minimum atomic E-state index is -0.693. The van der Waals surface area contributed by atoms with Crippen LogP contribution in [0.2, 0.25) is 0 Å². The highest BCUT2D eigenvalue weighted by molar-refractivity contribution is 5.45. The molecule has 6 heteroatoms. The fourth-order valence-electron chi connectivity index (χ4n) is 1.76. The Labute approximate surface area is 103 Å². The van der Waals surface area contributed by atoms with Crippen LogP contribution in [0.3, 0.4) is 0 Å². The molecular formula is C12H12F2N4. The Morgan fingerprint density at radius 3 is 2.56 bits per heavy atom. The van der Waals surface area contributed by atoms with Crippen LogP contribution >= 0.6 is 0 Å². The lowest BCUT2D eigenvalue weighted by atomic mass is 9.99. The molecule has 94 valence electrons. The van der Waals surface area contributed by atoms with Crippen LogP contribution in [-0.4, -0.2) is 4.98 Å². The second kappa shape index (κ2) is 5.07. The standard InChI is InChI=1S/C12H12F2N4/c13-7-3-4-8(10(14)6-7)11(18-16)9-2-1-5-17-12(9)15/h1-6,11,18H,16H2,(H2,15,17). The van der Waals surface area contributed by atoms with E-state index in [1.807, 2.05) is 0 Å². The number of aromatic nitrogens is 1. The molecule has 1 aromatic heterocycles. The Morgan fingerprint density at radius 2 is 1.94 bits per heavy atom. The van der Waals surface area contributed by atoms with E-state index in [-0.39, 0.29) is 11.4 Å². The summed E-state index contributed by atoms with van der Waals surface area (Å²) in [5, 5.41) is 0. The molecular weight excluding hydrogens is 238 g/mol. The predicted octanol–water partition coefficient (Wildman–Crippen LogP) is 1.49. The van der Waals surface area contributed by atoms with Gasteiger partial charge in [-0.15, -0.1) is 0 Å². The molecule has 0 amide bonds. The van der Waals surface area contributed by atoms with E-state index in [9.17, 15) is 8.78 Å². The Hall–Kier alpha value is -2.05. The normalized spacial score (nSPS) is 12.4. The first kappa shape index (κ1) is 12.4. The number of nitrogen functional groups attached to an aromatic ring is 1. The zero-order valence-corrected chi connectivity index (χ0v) is 9.40. The lowest BCUT2D eigenvalue weighted by Crippen LogP contribution is -2.30. The predicted molar refractivity (Wildman–Crippen MR) is 64.2 cm³/mol. The molecule has 0 bridgehead atoms. The number of hydrogen-bond acceptors (Lipinski definition) is 4. The zero-order valence-electron chi connectivity index (χ0n) is 9.40. The van der Waals surface area contributed by atoms with Gasteiger partial charge in [0.05, 0.1) is 6.04 Å². The minimum Gasteiger partial charge on any atom is -0.383 e. The summed E-state index contributed by atoms with van der Waals surface area (Å²) in [7, 11) is 0. The van der Waals surface area contributed by atoms with Gasteiger partial charge in [0.25, 0.3) is 0 Å². The van der Waals surface area contributed by atoms with E-state index in [0.29, 0.717) is 5.56 Å². The number of halogens is 2. The molecule has 5 N–H and O–H groups in total. The van der Waals surface area contributed by atoms with Crippen molar-refractivity contribution in [1.82, 2.24) is 10.4 Å². The van der Waals surface area contributed by atoms with Crippen LogP contribution < -0.4 is 17.0 Å². The van der Waals surface area contributed by atoms with E-state index in [2.05, 4.69) is 10.4 Å². The van der Waals surface area contributed by atoms with Gasteiger partial charge in [-0.3, -0.25) is 5.84 Å². The SMILES string of the molecule is NNC(c1ccc(F)cc1F)c1cccnc1N. The first-order valence-corrected chi connectivity index (χ1v) is 5.25. The van der Waals surface area contributed by atoms with Crippen molar-refractivity contribution in [3.63, 3.8) is 0 Å². The number of nitrogens with one attached hydrogen (secondary N) is 1. The third kappa shape index (κ3) is 2.29. The maximum Gasteiger partial charge on any atom is 0.131 e. The van der Waals surface area contributed by atoms with Gasteiger partial charge in [-0.1, -0.05) is 12.1 Å². The second-order valence-electron chi connectivity index (χ2n) is 3.74. The molecule has 0 fully saturated rings. The molecule has 18 heavy (non-hydrogen) atoms. The van der Waals surface area contributed by atoms with E-state index in [0.717, 1.165) is 12.1 Å². The lowest BCUT2D eigenvalue weighted by Gasteiger charge is -2.18. The molecule has 0 spiro atoms. The van der Waals surface area contributed by atoms with Crippen molar-refractivity contribution >= 4 is 5.82 Å². The van der Waals surface area contributed by atoms with Crippen molar-refractivity contribution in [2.24, 2.45) is 5.84 Å². The van der Waals surface area contributed by atoms with Crippen LogP contribution in [0.4, 0.5) is 14.6 Å². The fourth-order valence-corrected chi connectivity index (χ4v) is 1.76. The van der Waals surface area contributed by atoms with Crippen molar-refractivity contribution in [2.75, 3.05) is 5.73 Å². The van der Waals surface area contributed by atoms with Crippen LogP contribution in [-0.2, 0) is 0 Å². The first-order chi connectivity index (χ1) is 8.63. The van der Waals surface area contributed by atoms with Crippen LogP contribution in [0.15, 0.2) is 36.5 Å². The minimum absolute atomic E-state index is 0.207. The number of benzene rings is 1. The van der Waals surface area contributed by atoms with Crippen molar-refractivity contribution < 1.29 is 8.78 Å². The lowest BCUT2D eigenvalue weighted by molar-refractivity contribution is 0.541. The molecule has 1 heterocycles. The highest BCUT2D eigenvalue weighted by atomic mass is 19.1. The third-order valence-corrected chi connectivity index (χ3v) is 2.62. The van der Waals surface area contributed by atoms with Crippen molar-refractivity contribution in [3.8, 4) is 0 Å². The van der Waals surface area contributed by atoms with E-state index in [4.69, 9.17) is 11.6 Å². The quantitative estimate of drug-likeness (QED) is 0.570. The van der Waals surface area contributed by atoms with Gasteiger partial charge in [0.15, 0.2) is 0 Å². The van der Waals surface area contributed by atoms with Gasteiger partial charge < -0.3 is 5.73 Å². The Bertz CT molecular complexity index is 560. The molecule has 0 aliphatic carbocycles. The molecule has 0 aliphatic heterocycles. The summed E-state index contributed by atoms with van der Waals surface area (Å²) in [4.78, 5) is 3.91. The van der Waals surface area contributed by atoms with Gasteiger partial charge >= 0.3 is 0 Å². The molecule has 1 aromatic carbocycles. The second-order valence-corrected chi connectivity index (χ2v) is 3.74. The summed E-state index contributed by atoms with van der Waals surface area (Å²) < 4.78 is 26.6. The van der Waals surface area contributed by atoms with Gasteiger partial charge in [0.1, 0.15) is 17.5 Å². The van der Waals surface area contributed by atoms with Gasteiger partial charge in [-0.05, 0) is 12.1 Å². The third-order valence-electron chi connectivity index (χ3n) is 2.62. The van der Waals surface area contributed by atoms with Gasteiger partial charge in [0.2, 0.25) is 0 Å². The number of pyridine rings is 1. The summed E-state index contributed by atoms with van der Waals surface area (Å²) in [6.45, 7) is 0. The van der Waals surface area contributed by atoms with Gasteiger partial charge in [-0.25, -0.2) is 19.2 Å². The number of nitrogens with two attached hydrogens (primary N) is 2. The van der Waals surface area contributed by atoms with Crippen LogP contribution in [0.25, 0.3) is 0 Å². The van der Waals surface area contributed by atoms with E-state index in [1.54, 1.807) is 12.1 Å². The first-order valence-electron chi connectivity index (χ1n) is 5.25. The number of hydrazine groups is 1. The molecule has 0 saturated heterocycles. The fraction of sp³-hybridized carbons (Fsp3) is 0.0833. The number of nitrogens with zero attached hydrogens (tertiary/aromatic N) is 1. The topological polar surface area (TPSA) is 77.0 Å². The van der Waals surface area contributed by atoms with Gasteiger partial charge in [-0.2, -0.15) is 0 Å². The molecule has 2 rings (SSSR count). The van der Waals surface area contributed by atoms with E-state index >= 15 is 0 Å². The molecule has 0 radical (unpaired) electrons. The highest BCUT2D eigenvalue weighted by Crippen LogP contribution is 2.26. The number of rotatable bonds is 3. The van der Waals surface area contributed by atoms with Crippen LogP contribution in [0.1, 0.15) is 17.2 Å². The summed E-state index contributed by atoms with van der Waals surface area (Å²) >= 11 is 0. The van der Waals surface area contributed by atoms with Crippen molar-refractivity contribution in [1.29, 1.82) is 0 Å². The largest absolute Gasteiger partial charge is 0.383 e. The number of hydrogen-bond donors (Lipinski definition) is 3. The maximum atomic E-state index is 13.7. The maximum absolute atomic E-state index is 13.7. The summed E-state index contributed by atoms with van der Waals surface area (Å²) in [6.07, 6.45) is 1.52. The van der Waals surface area contributed by atoms with E-state index in [1.165, 1.54) is 12.3 Å². The average Bonchev–Trinajstić information content (AvgIpc) is 2.34. The average molecular weight is 250 g/mol. The smallest absolute Gasteiger partial charge is 0.131 e. The zero-order chi connectivity index (χ0) is 13.1. The van der Waals surface area contributed by atoms with Crippen molar-refractivity contribution in [2.45, 2.75) is 6.04 Å². The van der Waals surface area contributed by atoms with Crippen molar-refractivity contribution in [3.05, 3.63) is 59.3 Å². The Kier molecular flexibility index (Phi) is 3.50. The molecule has 0 aliphatic rings. The highest BCUT2D eigenvalue weighted by Gasteiger charge is 2.19. The monoisotopic (exact) mass is 250 g/mol. The van der Waals surface area contributed by atoms with Gasteiger partial charge in [0, 0.05) is 23.4 Å². The summed E-state index contributed by atoms with van der Waals surface area (Å²) in [6, 6.07) is 5.94. The Balaban J connectivity index is 2.49. The van der Waals surface area contributed by atoms with Crippen LogP contribution in [0, 0.1) is 11.6 Å².